The maximum atomic E-state index is 11.9. The van der Waals surface area contributed by atoms with Crippen LogP contribution in [0.3, 0.4) is 0 Å². The molecule has 4 aromatic rings. The molecular weight excluding hydrogens is 422 g/mol. The van der Waals surface area contributed by atoms with Gasteiger partial charge in [0.2, 0.25) is 5.89 Å². The summed E-state index contributed by atoms with van der Waals surface area (Å²) >= 11 is 7.31. The summed E-state index contributed by atoms with van der Waals surface area (Å²) in [6, 6.07) is 15.6. The molecule has 0 saturated carbocycles. The number of aryl methyl sites for hydroxylation is 1. The molecule has 2 heterocycles. The Morgan fingerprint density at radius 3 is 2.60 bits per heavy atom. The summed E-state index contributed by atoms with van der Waals surface area (Å²) in [7, 11) is 0. The van der Waals surface area contributed by atoms with Gasteiger partial charge in [0.25, 0.3) is 5.22 Å². The molecule has 30 heavy (non-hydrogen) atoms. The lowest BCUT2D eigenvalue weighted by atomic mass is 10.1. The van der Waals surface area contributed by atoms with Crippen molar-refractivity contribution in [3.8, 4) is 0 Å². The molecule has 0 aliphatic carbocycles. The number of aromatic nitrogens is 3. The van der Waals surface area contributed by atoms with Crippen molar-refractivity contribution in [3.63, 3.8) is 0 Å². The summed E-state index contributed by atoms with van der Waals surface area (Å²) in [6.07, 6.45) is 1.66. The molecule has 0 saturated heterocycles. The predicted octanol–water partition coefficient (Wildman–Crippen LogP) is 5.56. The molecule has 152 valence electrons. The normalized spacial score (nSPS) is 11.9. The van der Waals surface area contributed by atoms with Crippen LogP contribution < -0.4 is 0 Å². The van der Waals surface area contributed by atoms with Gasteiger partial charge in [-0.25, -0.2) is 4.79 Å². The zero-order valence-corrected chi connectivity index (χ0v) is 17.9. The van der Waals surface area contributed by atoms with Crippen molar-refractivity contribution in [1.82, 2.24) is 14.8 Å². The van der Waals surface area contributed by atoms with Crippen molar-refractivity contribution in [2.45, 2.75) is 25.6 Å². The summed E-state index contributed by atoms with van der Waals surface area (Å²) in [4.78, 5) is 12.0. The zero-order valence-electron chi connectivity index (χ0n) is 16.3. The first-order valence-electron chi connectivity index (χ1n) is 9.18. The zero-order chi connectivity index (χ0) is 21.3. The molecular formula is C22H18ClN3O3S. The predicted molar refractivity (Wildman–Crippen MR) is 118 cm³/mol. The second-order valence-corrected chi connectivity index (χ2v) is 8.10. The quantitative estimate of drug-likeness (QED) is 0.313. The van der Waals surface area contributed by atoms with Crippen LogP contribution in [-0.2, 0) is 11.3 Å². The van der Waals surface area contributed by atoms with Crippen molar-refractivity contribution < 1.29 is 14.3 Å². The molecule has 0 atom stereocenters. The van der Waals surface area contributed by atoms with E-state index in [1.807, 2.05) is 55.5 Å². The highest BCUT2D eigenvalue weighted by Crippen LogP contribution is 2.33. The smallest absolute Gasteiger partial charge is 0.342 e. The summed E-state index contributed by atoms with van der Waals surface area (Å²) < 4.78 is 7.48. The van der Waals surface area contributed by atoms with Gasteiger partial charge in [-0.15, -0.1) is 10.2 Å². The number of carbonyl (C=O) groups is 1. The molecule has 0 aliphatic rings. The van der Waals surface area contributed by atoms with E-state index < -0.39 is 5.97 Å². The van der Waals surface area contributed by atoms with Gasteiger partial charge >= 0.3 is 5.97 Å². The van der Waals surface area contributed by atoms with E-state index in [0.717, 1.165) is 39.5 Å². The highest BCUT2D eigenvalue weighted by Gasteiger charge is 2.18. The van der Waals surface area contributed by atoms with Crippen LogP contribution >= 0.6 is 23.4 Å². The molecule has 1 N–H and O–H groups in total. The SMILES string of the molecule is Cc1nnc(S/C(=C\c2c(C)n(Cc3ccccc3Cl)c3ccccc23)C(=O)O)o1. The summed E-state index contributed by atoms with van der Waals surface area (Å²) in [5, 5.41) is 19.2. The first kappa shape index (κ1) is 20.3. The number of halogens is 1. The summed E-state index contributed by atoms with van der Waals surface area (Å²) in [5.74, 6) is -0.673. The lowest BCUT2D eigenvalue weighted by Crippen LogP contribution is -2.02. The fourth-order valence-electron chi connectivity index (χ4n) is 3.32. The Bertz CT molecular complexity index is 1280. The summed E-state index contributed by atoms with van der Waals surface area (Å²) in [5.41, 5.74) is 3.77. The Morgan fingerprint density at radius 1 is 1.17 bits per heavy atom. The Balaban J connectivity index is 1.82. The van der Waals surface area contributed by atoms with Crippen LogP contribution in [0.1, 0.15) is 22.7 Å². The second-order valence-electron chi connectivity index (χ2n) is 6.70. The molecule has 0 fully saturated rings. The molecule has 8 heteroatoms. The standard InChI is InChI=1S/C22H18ClN3O3S/c1-13-17(11-20(21(27)28)30-22-25-24-14(2)29-22)16-8-4-6-10-19(16)26(13)12-15-7-3-5-9-18(15)23/h3-11H,12H2,1-2H3,(H,27,28)/b20-11-. The highest BCUT2D eigenvalue weighted by atomic mass is 35.5. The van der Waals surface area contributed by atoms with Crippen LogP contribution in [-0.4, -0.2) is 25.8 Å². The van der Waals surface area contributed by atoms with Gasteiger partial charge in [0.15, 0.2) is 0 Å². The van der Waals surface area contributed by atoms with E-state index in [1.54, 1.807) is 13.0 Å². The van der Waals surface area contributed by atoms with Gasteiger partial charge in [0.1, 0.15) is 4.91 Å². The number of hydrogen-bond acceptors (Lipinski definition) is 5. The van der Waals surface area contributed by atoms with Crippen LogP contribution in [0.5, 0.6) is 0 Å². The second kappa shape index (κ2) is 8.38. The number of carboxylic acid groups (broad SMARTS) is 1. The van der Waals surface area contributed by atoms with Gasteiger partial charge in [-0.1, -0.05) is 48.0 Å². The fourth-order valence-corrected chi connectivity index (χ4v) is 4.21. The minimum atomic E-state index is -1.06. The van der Waals surface area contributed by atoms with E-state index >= 15 is 0 Å². The lowest BCUT2D eigenvalue weighted by Gasteiger charge is -2.10. The van der Waals surface area contributed by atoms with E-state index in [0.29, 0.717) is 17.5 Å². The average Bonchev–Trinajstić information content (AvgIpc) is 3.25. The molecule has 0 radical (unpaired) electrons. The number of benzene rings is 2. The third-order valence-electron chi connectivity index (χ3n) is 4.76. The Kier molecular flexibility index (Phi) is 5.65. The van der Waals surface area contributed by atoms with Crippen molar-refractivity contribution in [2.75, 3.05) is 0 Å². The first-order valence-corrected chi connectivity index (χ1v) is 10.4. The van der Waals surface area contributed by atoms with E-state index in [4.69, 9.17) is 16.0 Å². The highest BCUT2D eigenvalue weighted by molar-refractivity contribution is 8.03. The van der Waals surface area contributed by atoms with Gasteiger partial charge in [-0.3, -0.25) is 0 Å². The van der Waals surface area contributed by atoms with Gasteiger partial charge < -0.3 is 14.1 Å². The van der Waals surface area contributed by atoms with Gasteiger partial charge in [0.05, 0.1) is 0 Å². The van der Waals surface area contributed by atoms with E-state index in [2.05, 4.69) is 14.8 Å². The topological polar surface area (TPSA) is 81.2 Å². The fraction of sp³-hybridized carbons (Fsp3) is 0.136. The number of thioether (sulfide) groups is 1. The Labute approximate surface area is 182 Å². The van der Waals surface area contributed by atoms with Crippen LogP contribution in [0.4, 0.5) is 0 Å². The lowest BCUT2D eigenvalue weighted by molar-refractivity contribution is -0.131. The van der Waals surface area contributed by atoms with Gasteiger partial charge in [-0.2, -0.15) is 0 Å². The minimum absolute atomic E-state index is 0.0994. The van der Waals surface area contributed by atoms with Crippen molar-refractivity contribution in [1.29, 1.82) is 0 Å². The number of fused-ring (bicyclic) bond motifs is 1. The monoisotopic (exact) mass is 439 g/mol. The van der Waals surface area contributed by atoms with Crippen LogP contribution in [0, 0.1) is 13.8 Å². The molecule has 6 nitrogen and oxygen atoms in total. The maximum absolute atomic E-state index is 11.9. The molecule has 2 aromatic heterocycles. The third-order valence-corrected chi connectivity index (χ3v) is 5.98. The molecule has 0 amide bonds. The molecule has 2 aromatic carbocycles. The number of para-hydroxylation sites is 1. The first-order chi connectivity index (χ1) is 14.4. The largest absolute Gasteiger partial charge is 0.477 e. The molecule has 0 aliphatic heterocycles. The number of hydrogen-bond donors (Lipinski definition) is 1. The Hall–Kier alpha value is -3.03. The molecule has 0 spiro atoms. The molecule has 4 rings (SSSR count). The number of carboxylic acids is 1. The van der Waals surface area contributed by atoms with E-state index in [-0.39, 0.29) is 10.1 Å². The van der Waals surface area contributed by atoms with Gasteiger partial charge in [0, 0.05) is 40.7 Å². The van der Waals surface area contributed by atoms with Gasteiger partial charge in [-0.05, 0) is 42.5 Å². The number of nitrogens with zero attached hydrogens (tertiary/aromatic N) is 3. The van der Waals surface area contributed by atoms with E-state index in [9.17, 15) is 9.90 Å². The van der Waals surface area contributed by atoms with Crippen molar-refractivity contribution in [3.05, 3.63) is 81.2 Å². The molecule has 0 bridgehead atoms. The van der Waals surface area contributed by atoms with Crippen LogP contribution in [0.15, 0.2) is 63.1 Å². The van der Waals surface area contributed by atoms with E-state index in [1.165, 1.54) is 0 Å². The summed E-state index contributed by atoms with van der Waals surface area (Å²) in [6.45, 7) is 4.22. The van der Waals surface area contributed by atoms with Crippen molar-refractivity contribution >= 4 is 46.3 Å². The number of aliphatic carboxylic acids is 1. The third kappa shape index (κ3) is 3.99. The Morgan fingerprint density at radius 2 is 1.90 bits per heavy atom. The van der Waals surface area contributed by atoms with Crippen LogP contribution in [0.2, 0.25) is 5.02 Å². The average molecular weight is 440 g/mol. The van der Waals surface area contributed by atoms with Crippen molar-refractivity contribution in [2.24, 2.45) is 0 Å². The minimum Gasteiger partial charge on any atom is -0.477 e. The maximum Gasteiger partial charge on any atom is 0.342 e. The van der Waals surface area contributed by atoms with Crippen LogP contribution in [0.25, 0.3) is 17.0 Å². The number of rotatable bonds is 6. The molecule has 0 unspecified atom stereocenters.